The molecule has 0 spiro atoms. The molecule has 1 aromatic carbocycles. The minimum Gasteiger partial charge on any atom is -0.126 e. The molecule has 0 bridgehead atoms. The molecule has 1 heteroatoms. The number of halogens is 1. The zero-order valence-electron chi connectivity index (χ0n) is 11.2. The molecular formula is C16H23Cl. The largest absolute Gasteiger partial charge is 0.126 e. The Morgan fingerprint density at radius 2 is 1.94 bits per heavy atom. The predicted molar refractivity (Wildman–Crippen MR) is 75.8 cm³/mol. The van der Waals surface area contributed by atoms with Crippen LogP contribution in [0.4, 0.5) is 0 Å². The third kappa shape index (κ3) is 2.68. The molecule has 1 unspecified atom stereocenters. The first kappa shape index (κ1) is 13.0. The van der Waals surface area contributed by atoms with Crippen molar-refractivity contribution in [1.29, 1.82) is 0 Å². The van der Waals surface area contributed by atoms with Gasteiger partial charge in [-0.15, -0.1) is 11.6 Å². The van der Waals surface area contributed by atoms with E-state index in [0.717, 1.165) is 12.3 Å². The van der Waals surface area contributed by atoms with Crippen molar-refractivity contribution in [2.45, 2.75) is 46.5 Å². The van der Waals surface area contributed by atoms with Gasteiger partial charge in [-0.2, -0.15) is 0 Å². The average Bonchev–Trinajstić information content (AvgIpc) is 2.75. The van der Waals surface area contributed by atoms with Gasteiger partial charge < -0.3 is 0 Å². The van der Waals surface area contributed by atoms with Crippen molar-refractivity contribution < 1.29 is 0 Å². The number of benzene rings is 1. The molecule has 0 aromatic heterocycles. The summed E-state index contributed by atoms with van der Waals surface area (Å²) in [4.78, 5) is 0. The Bertz CT molecular complexity index is 395. The van der Waals surface area contributed by atoms with Crippen LogP contribution in [0, 0.1) is 11.3 Å². The molecule has 94 valence electrons. The average molecular weight is 251 g/mol. The highest BCUT2D eigenvalue weighted by Crippen LogP contribution is 2.34. The molecule has 0 aliphatic heterocycles. The second kappa shape index (κ2) is 5.02. The molecular weight excluding hydrogens is 228 g/mol. The maximum atomic E-state index is 6.17. The lowest BCUT2D eigenvalue weighted by atomic mass is 9.76. The first-order valence-corrected chi connectivity index (χ1v) is 7.25. The highest BCUT2D eigenvalue weighted by atomic mass is 35.5. The van der Waals surface area contributed by atoms with Crippen LogP contribution in [0.5, 0.6) is 0 Å². The van der Waals surface area contributed by atoms with E-state index in [0.29, 0.717) is 5.92 Å². The van der Waals surface area contributed by atoms with Crippen molar-refractivity contribution in [3.05, 3.63) is 34.9 Å². The number of fused-ring (bicyclic) bond motifs is 1. The van der Waals surface area contributed by atoms with Crippen molar-refractivity contribution in [3.63, 3.8) is 0 Å². The normalized spacial score (nSPS) is 18.2. The van der Waals surface area contributed by atoms with Gasteiger partial charge in [-0.3, -0.25) is 0 Å². The molecule has 0 N–H and O–H groups in total. The Kier molecular flexibility index (Phi) is 3.82. The van der Waals surface area contributed by atoms with E-state index < -0.39 is 0 Å². The van der Waals surface area contributed by atoms with Gasteiger partial charge in [0, 0.05) is 5.88 Å². The van der Waals surface area contributed by atoms with E-state index in [-0.39, 0.29) is 5.41 Å². The summed E-state index contributed by atoms with van der Waals surface area (Å²) in [5.41, 5.74) is 4.81. The van der Waals surface area contributed by atoms with Crippen LogP contribution in [0.1, 0.15) is 43.9 Å². The first-order chi connectivity index (χ1) is 8.05. The molecule has 0 fully saturated rings. The minimum atomic E-state index is 0.217. The van der Waals surface area contributed by atoms with Gasteiger partial charge in [-0.05, 0) is 53.7 Å². The van der Waals surface area contributed by atoms with Gasteiger partial charge in [-0.1, -0.05) is 39.0 Å². The zero-order valence-corrected chi connectivity index (χ0v) is 12.0. The number of hydrogen-bond donors (Lipinski definition) is 0. The maximum Gasteiger partial charge on any atom is 0.0282 e. The monoisotopic (exact) mass is 250 g/mol. The lowest BCUT2D eigenvalue weighted by Crippen LogP contribution is -2.28. The molecule has 0 heterocycles. The van der Waals surface area contributed by atoms with Gasteiger partial charge in [0.1, 0.15) is 0 Å². The molecule has 1 aliphatic rings. The van der Waals surface area contributed by atoms with Crippen molar-refractivity contribution in [2.75, 3.05) is 5.88 Å². The maximum absolute atomic E-state index is 6.17. The molecule has 2 rings (SSSR count). The summed E-state index contributed by atoms with van der Waals surface area (Å²) in [5, 5.41) is 0. The minimum absolute atomic E-state index is 0.217. The molecule has 1 atom stereocenters. The Balaban J connectivity index is 2.18. The van der Waals surface area contributed by atoms with Crippen LogP contribution in [0.2, 0.25) is 0 Å². The SMILES string of the molecule is CC(C)C(C)(CCl)Cc1ccc2c(c1)CCC2. The van der Waals surface area contributed by atoms with Crippen molar-refractivity contribution >= 4 is 11.6 Å². The van der Waals surface area contributed by atoms with E-state index in [1.165, 1.54) is 24.8 Å². The summed E-state index contributed by atoms with van der Waals surface area (Å²) in [5.74, 6) is 1.36. The number of alkyl halides is 1. The fourth-order valence-electron chi connectivity index (χ4n) is 2.61. The first-order valence-electron chi connectivity index (χ1n) is 6.72. The van der Waals surface area contributed by atoms with Crippen molar-refractivity contribution in [2.24, 2.45) is 11.3 Å². The summed E-state index contributed by atoms with van der Waals surface area (Å²) in [7, 11) is 0. The van der Waals surface area contributed by atoms with Crippen LogP contribution in [0.25, 0.3) is 0 Å². The zero-order chi connectivity index (χ0) is 12.5. The van der Waals surface area contributed by atoms with Gasteiger partial charge in [-0.25, -0.2) is 0 Å². The molecule has 0 nitrogen and oxygen atoms in total. The second-order valence-corrected chi connectivity index (χ2v) is 6.34. The van der Waals surface area contributed by atoms with Crippen molar-refractivity contribution in [3.8, 4) is 0 Å². The van der Waals surface area contributed by atoms with E-state index in [4.69, 9.17) is 11.6 Å². The van der Waals surface area contributed by atoms with Gasteiger partial charge in [0.15, 0.2) is 0 Å². The Morgan fingerprint density at radius 3 is 2.59 bits per heavy atom. The summed E-state index contributed by atoms with van der Waals surface area (Å²) in [6.07, 6.45) is 4.96. The van der Waals surface area contributed by atoms with Crippen molar-refractivity contribution in [1.82, 2.24) is 0 Å². The number of rotatable bonds is 4. The topological polar surface area (TPSA) is 0 Å². The summed E-state index contributed by atoms with van der Waals surface area (Å²) >= 11 is 6.17. The van der Waals surface area contributed by atoms with E-state index in [2.05, 4.69) is 39.0 Å². The van der Waals surface area contributed by atoms with E-state index >= 15 is 0 Å². The van der Waals surface area contributed by atoms with Gasteiger partial charge >= 0.3 is 0 Å². The smallest absolute Gasteiger partial charge is 0.0282 e. The fraction of sp³-hybridized carbons (Fsp3) is 0.625. The molecule has 1 aromatic rings. The predicted octanol–water partition coefficient (Wildman–Crippen LogP) is 4.62. The number of aryl methyl sites for hydroxylation is 2. The summed E-state index contributed by atoms with van der Waals surface area (Å²) < 4.78 is 0. The molecule has 1 aliphatic carbocycles. The van der Waals surface area contributed by atoms with E-state index in [1.807, 2.05) is 0 Å². The van der Waals surface area contributed by atoms with Crippen LogP contribution in [-0.2, 0) is 19.3 Å². The van der Waals surface area contributed by atoms with Crippen LogP contribution in [0.15, 0.2) is 18.2 Å². The highest BCUT2D eigenvalue weighted by Gasteiger charge is 2.28. The van der Waals surface area contributed by atoms with Gasteiger partial charge in [0.2, 0.25) is 0 Å². The second-order valence-electron chi connectivity index (χ2n) is 6.08. The highest BCUT2D eigenvalue weighted by molar-refractivity contribution is 6.18. The molecule has 17 heavy (non-hydrogen) atoms. The third-order valence-electron chi connectivity index (χ3n) is 4.47. The lowest BCUT2D eigenvalue weighted by molar-refractivity contribution is 0.253. The van der Waals surface area contributed by atoms with Crippen LogP contribution >= 0.6 is 11.6 Å². The Morgan fingerprint density at radius 1 is 1.24 bits per heavy atom. The van der Waals surface area contributed by atoms with E-state index in [1.54, 1.807) is 11.1 Å². The van der Waals surface area contributed by atoms with Crippen LogP contribution in [0.3, 0.4) is 0 Å². The van der Waals surface area contributed by atoms with Crippen LogP contribution in [-0.4, -0.2) is 5.88 Å². The quantitative estimate of drug-likeness (QED) is 0.684. The molecule has 0 amide bonds. The lowest BCUT2D eigenvalue weighted by Gasteiger charge is -2.32. The van der Waals surface area contributed by atoms with Gasteiger partial charge in [0.25, 0.3) is 0 Å². The fourth-order valence-corrected chi connectivity index (χ4v) is 3.01. The molecule has 0 saturated carbocycles. The van der Waals surface area contributed by atoms with Crippen LogP contribution < -0.4 is 0 Å². The molecule has 0 saturated heterocycles. The summed E-state index contributed by atoms with van der Waals surface area (Å²) in [6, 6.07) is 7.04. The Hall–Kier alpha value is -0.490. The van der Waals surface area contributed by atoms with Gasteiger partial charge in [0.05, 0.1) is 0 Å². The summed E-state index contributed by atoms with van der Waals surface area (Å²) in [6.45, 7) is 6.85. The standard InChI is InChI=1S/C16H23Cl/c1-12(2)16(3,11-17)10-13-7-8-14-5-4-6-15(14)9-13/h7-9,12H,4-6,10-11H2,1-3H3. The van der Waals surface area contributed by atoms with E-state index in [9.17, 15) is 0 Å². The molecule has 0 radical (unpaired) electrons. The Labute approximate surface area is 110 Å². The third-order valence-corrected chi connectivity index (χ3v) is 5.08. The number of hydrogen-bond acceptors (Lipinski definition) is 0.